The standard InChI is InChI=1S/C12H9NO3S2/c14-10(12-6-3-7-17-12)8-18-11-5-2-1-4-9(11)13(15)16/h1-7H,8H2. The van der Waals surface area contributed by atoms with Gasteiger partial charge in [-0.05, 0) is 17.5 Å². The number of rotatable bonds is 5. The minimum atomic E-state index is -0.433. The number of benzene rings is 1. The number of Topliss-reactive ketones (excluding diaryl/α,β-unsaturated/α-hetero) is 1. The molecule has 0 aliphatic carbocycles. The third kappa shape index (κ3) is 2.96. The Labute approximate surface area is 112 Å². The molecule has 0 saturated carbocycles. The molecular formula is C12H9NO3S2. The number of carbonyl (C=O) groups is 1. The maximum absolute atomic E-state index is 11.8. The summed E-state index contributed by atoms with van der Waals surface area (Å²) in [7, 11) is 0. The lowest BCUT2D eigenvalue weighted by Gasteiger charge is -2.01. The second-order valence-electron chi connectivity index (χ2n) is 3.41. The van der Waals surface area contributed by atoms with Crippen LogP contribution in [0, 0.1) is 10.1 Å². The van der Waals surface area contributed by atoms with E-state index in [1.807, 2.05) is 11.4 Å². The van der Waals surface area contributed by atoms with Crippen molar-refractivity contribution in [3.05, 3.63) is 56.8 Å². The molecule has 1 aromatic carbocycles. The van der Waals surface area contributed by atoms with Gasteiger partial charge >= 0.3 is 0 Å². The van der Waals surface area contributed by atoms with E-state index < -0.39 is 4.92 Å². The van der Waals surface area contributed by atoms with Gasteiger partial charge in [-0.3, -0.25) is 14.9 Å². The summed E-state index contributed by atoms with van der Waals surface area (Å²) in [5.41, 5.74) is 0.0430. The van der Waals surface area contributed by atoms with Crippen LogP contribution >= 0.6 is 23.1 Å². The molecule has 0 N–H and O–H groups in total. The third-order valence-corrected chi connectivity index (χ3v) is 4.19. The lowest BCUT2D eigenvalue weighted by atomic mass is 10.3. The van der Waals surface area contributed by atoms with Gasteiger partial charge in [0.2, 0.25) is 0 Å². The maximum atomic E-state index is 11.8. The Hall–Kier alpha value is -1.66. The van der Waals surface area contributed by atoms with Gasteiger partial charge in [0.15, 0.2) is 5.78 Å². The van der Waals surface area contributed by atoms with Crippen LogP contribution in [-0.2, 0) is 0 Å². The number of para-hydroxylation sites is 1. The topological polar surface area (TPSA) is 60.2 Å². The molecule has 18 heavy (non-hydrogen) atoms. The van der Waals surface area contributed by atoms with Crippen LogP contribution in [0.1, 0.15) is 9.67 Å². The smallest absolute Gasteiger partial charge is 0.282 e. The zero-order chi connectivity index (χ0) is 13.0. The van der Waals surface area contributed by atoms with E-state index in [2.05, 4.69) is 0 Å². The van der Waals surface area contributed by atoms with Crippen molar-refractivity contribution in [3.63, 3.8) is 0 Å². The number of nitro groups is 1. The van der Waals surface area contributed by atoms with Crippen molar-refractivity contribution in [3.8, 4) is 0 Å². The van der Waals surface area contributed by atoms with Gasteiger partial charge in [0.05, 0.1) is 20.4 Å². The molecule has 6 heteroatoms. The lowest BCUT2D eigenvalue weighted by Crippen LogP contribution is -2.00. The fourth-order valence-corrected chi connectivity index (χ4v) is 3.04. The van der Waals surface area contributed by atoms with Crippen molar-refractivity contribution in [1.82, 2.24) is 0 Å². The lowest BCUT2D eigenvalue weighted by molar-refractivity contribution is -0.387. The molecule has 1 heterocycles. The predicted octanol–water partition coefficient (Wildman–Crippen LogP) is 3.63. The first kappa shape index (κ1) is 12.8. The van der Waals surface area contributed by atoms with Gasteiger partial charge in [-0.1, -0.05) is 18.2 Å². The van der Waals surface area contributed by atoms with E-state index in [-0.39, 0.29) is 17.2 Å². The SMILES string of the molecule is O=C(CSc1ccccc1[N+](=O)[O-])c1cccs1. The summed E-state index contributed by atoms with van der Waals surface area (Å²) in [6, 6.07) is 10.0. The Morgan fingerprint density at radius 3 is 2.72 bits per heavy atom. The average molecular weight is 279 g/mol. The first-order chi connectivity index (χ1) is 8.68. The molecule has 0 amide bonds. The van der Waals surface area contributed by atoms with E-state index >= 15 is 0 Å². The van der Waals surface area contributed by atoms with Gasteiger partial charge in [0, 0.05) is 6.07 Å². The maximum Gasteiger partial charge on any atom is 0.282 e. The van der Waals surface area contributed by atoms with Crippen LogP contribution < -0.4 is 0 Å². The Morgan fingerprint density at radius 2 is 2.06 bits per heavy atom. The first-order valence-corrected chi connectivity index (χ1v) is 6.98. The van der Waals surface area contributed by atoms with E-state index in [0.717, 1.165) is 0 Å². The zero-order valence-electron chi connectivity index (χ0n) is 9.24. The summed E-state index contributed by atoms with van der Waals surface area (Å²) in [4.78, 5) is 23.4. The normalized spacial score (nSPS) is 10.2. The van der Waals surface area contributed by atoms with Gasteiger partial charge in [0.25, 0.3) is 5.69 Å². The van der Waals surface area contributed by atoms with E-state index in [1.165, 1.54) is 29.2 Å². The van der Waals surface area contributed by atoms with Gasteiger partial charge in [0.1, 0.15) is 0 Å². The van der Waals surface area contributed by atoms with Crippen molar-refractivity contribution in [1.29, 1.82) is 0 Å². The summed E-state index contributed by atoms with van der Waals surface area (Å²) >= 11 is 2.58. The highest BCUT2D eigenvalue weighted by Gasteiger charge is 2.15. The number of carbonyl (C=O) groups excluding carboxylic acids is 1. The van der Waals surface area contributed by atoms with Crippen LogP contribution in [0.25, 0.3) is 0 Å². The van der Waals surface area contributed by atoms with Crippen LogP contribution in [0.5, 0.6) is 0 Å². The van der Waals surface area contributed by atoms with Gasteiger partial charge in [-0.15, -0.1) is 23.1 Å². The van der Waals surface area contributed by atoms with Crippen molar-refractivity contribution in [2.45, 2.75) is 4.90 Å². The first-order valence-electron chi connectivity index (χ1n) is 5.11. The van der Waals surface area contributed by atoms with E-state index in [4.69, 9.17) is 0 Å². The second kappa shape index (κ2) is 5.79. The molecule has 0 aliphatic rings. The molecule has 4 nitrogen and oxygen atoms in total. The van der Waals surface area contributed by atoms with Crippen LogP contribution in [0.3, 0.4) is 0 Å². The summed E-state index contributed by atoms with van der Waals surface area (Å²) in [6.07, 6.45) is 0. The molecule has 0 fully saturated rings. The van der Waals surface area contributed by atoms with Crippen LogP contribution in [0.2, 0.25) is 0 Å². The number of thioether (sulfide) groups is 1. The molecule has 2 aromatic rings. The number of hydrogen-bond donors (Lipinski definition) is 0. The molecule has 0 spiro atoms. The monoisotopic (exact) mass is 279 g/mol. The number of nitrogens with zero attached hydrogens (tertiary/aromatic N) is 1. The Morgan fingerprint density at radius 1 is 1.28 bits per heavy atom. The molecule has 1 aromatic heterocycles. The van der Waals surface area contributed by atoms with Crippen molar-refractivity contribution in [2.24, 2.45) is 0 Å². The Bertz CT molecular complexity index is 566. The minimum Gasteiger partial charge on any atom is -0.292 e. The van der Waals surface area contributed by atoms with Gasteiger partial charge in [-0.25, -0.2) is 0 Å². The Balaban J connectivity index is 2.07. The van der Waals surface area contributed by atoms with E-state index in [9.17, 15) is 14.9 Å². The van der Waals surface area contributed by atoms with Crippen LogP contribution in [-0.4, -0.2) is 16.5 Å². The number of nitro benzene ring substituents is 1. The summed E-state index contributed by atoms with van der Waals surface area (Å²) < 4.78 is 0. The molecule has 92 valence electrons. The number of thiophene rings is 1. The molecule has 0 saturated heterocycles. The molecule has 0 radical (unpaired) electrons. The Kier molecular flexibility index (Phi) is 4.11. The van der Waals surface area contributed by atoms with E-state index in [0.29, 0.717) is 9.77 Å². The highest BCUT2D eigenvalue weighted by Crippen LogP contribution is 2.29. The zero-order valence-corrected chi connectivity index (χ0v) is 10.9. The summed E-state index contributed by atoms with van der Waals surface area (Å²) in [6.45, 7) is 0. The summed E-state index contributed by atoms with van der Waals surface area (Å²) in [5.74, 6) is 0.207. The molecule has 2 rings (SSSR count). The van der Waals surface area contributed by atoms with Crippen LogP contribution in [0.15, 0.2) is 46.7 Å². The molecule has 0 bridgehead atoms. The predicted molar refractivity (Wildman–Crippen MR) is 72.5 cm³/mol. The highest BCUT2D eigenvalue weighted by atomic mass is 32.2. The van der Waals surface area contributed by atoms with Gasteiger partial charge < -0.3 is 0 Å². The highest BCUT2D eigenvalue weighted by molar-refractivity contribution is 8.00. The molecule has 0 aliphatic heterocycles. The average Bonchev–Trinajstić information content (AvgIpc) is 2.90. The molecule has 0 atom stereocenters. The third-order valence-electron chi connectivity index (χ3n) is 2.22. The quantitative estimate of drug-likeness (QED) is 0.363. The molecule has 0 unspecified atom stereocenters. The number of hydrogen-bond acceptors (Lipinski definition) is 5. The van der Waals surface area contributed by atoms with Crippen molar-refractivity contribution >= 4 is 34.6 Å². The van der Waals surface area contributed by atoms with E-state index in [1.54, 1.807) is 24.3 Å². The fourth-order valence-electron chi connectivity index (χ4n) is 1.38. The minimum absolute atomic E-state index is 0.00634. The van der Waals surface area contributed by atoms with Crippen molar-refractivity contribution in [2.75, 3.05) is 5.75 Å². The summed E-state index contributed by atoms with van der Waals surface area (Å²) in [5, 5.41) is 12.6. The number of ketones is 1. The van der Waals surface area contributed by atoms with Gasteiger partial charge in [-0.2, -0.15) is 0 Å². The largest absolute Gasteiger partial charge is 0.292 e. The van der Waals surface area contributed by atoms with Crippen molar-refractivity contribution < 1.29 is 9.72 Å². The van der Waals surface area contributed by atoms with Crippen LogP contribution in [0.4, 0.5) is 5.69 Å². The molecular weight excluding hydrogens is 270 g/mol. The second-order valence-corrected chi connectivity index (χ2v) is 5.38. The fraction of sp³-hybridized carbons (Fsp3) is 0.0833.